The summed E-state index contributed by atoms with van der Waals surface area (Å²) in [4.78, 5) is 0. The number of benzene rings is 1. The second kappa shape index (κ2) is 4.18. The second-order valence-electron chi connectivity index (χ2n) is 2.78. The first-order valence-corrected chi connectivity index (χ1v) is 4.68. The van der Waals surface area contributed by atoms with E-state index in [1.165, 1.54) is 11.1 Å². The van der Waals surface area contributed by atoms with Crippen molar-refractivity contribution in [1.82, 2.24) is 0 Å². The number of aryl methyl sites for hydroxylation is 2. The highest BCUT2D eigenvalue weighted by Crippen LogP contribution is 2.13. The van der Waals surface area contributed by atoms with E-state index < -0.39 is 0 Å². The molecule has 1 nitrogen and oxygen atoms in total. The van der Waals surface area contributed by atoms with E-state index in [4.69, 9.17) is 0 Å². The van der Waals surface area contributed by atoms with Crippen LogP contribution in [0, 0.1) is 13.8 Å². The molecule has 62 valence electrons. The Kier molecular flexibility index (Phi) is 3.19. The third kappa shape index (κ3) is 2.28. The Hall–Kier alpha value is -0.940. The number of rotatable bonds is 2. The third-order valence-electron chi connectivity index (χ3n) is 1.74. The fourth-order valence-corrected chi connectivity index (χ4v) is 1.34. The van der Waals surface area contributed by atoms with Crippen molar-refractivity contribution < 1.29 is 4.57 Å². The zero-order valence-electron chi connectivity index (χ0n) is 7.24. The van der Waals surface area contributed by atoms with Gasteiger partial charge >= 0.3 is 0 Å². The van der Waals surface area contributed by atoms with Crippen LogP contribution in [0.25, 0.3) is 6.08 Å². The summed E-state index contributed by atoms with van der Waals surface area (Å²) in [6, 6.07) is 6.20. The van der Waals surface area contributed by atoms with Crippen LogP contribution < -0.4 is 0 Å². The molecule has 0 saturated heterocycles. The number of hydrogen-bond donors (Lipinski definition) is 0. The van der Waals surface area contributed by atoms with Crippen LogP contribution >= 0.6 is 8.46 Å². The second-order valence-corrected chi connectivity index (χ2v) is 3.29. The maximum absolute atomic E-state index is 10.2. The van der Waals surface area contributed by atoms with Crippen molar-refractivity contribution in [2.75, 3.05) is 0 Å². The minimum absolute atomic E-state index is 0.0626. The van der Waals surface area contributed by atoms with Gasteiger partial charge in [-0.15, -0.1) is 0 Å². The van der Waals surface area contributed by atoms with E-state index in [-0.39, 0.29) is 8.46 Å². The molecule has 0 fully saturated rings. The van der Waals surface area contributed by atoms with E-state index in [0.717, 1.165) is 5.56 Å². The lowest BCUT2D eigenvalue weighted by molar-refractivity contribution is 0.603. The first-order chi connectivity index (χ1) is 5.74. The van der Waals surface area contributed by atoms with E-state index in [0.29, 0.717) is 0 Å². The van der Waals surface area contributed by atoms with Gasteiger partial charge in [0.05, 0.1) is 0 Å². The lowest BCUT2D eigenvalue weighted by Crippen LogP contribution is -1.80. The Morgan fingerprint density at radius 3 is 2.67 bits per heavy atom. The van der Waals surface area contributed by atoms with E-state index in [2.05, 4.69) is 13.0 Å². The molecule has 0 aliphatic rings. The van der Waals surface area contributed by atoms with Crippen molar-refractivity contribution in [2.24, 2.45) is 0 Å². The van der Waals surface area contributed by atoms with Gasteiger partial charge in [-0.25, -0.2) is 0 Å². The molecule has 12 heavy (non-hydrogen) atoms. The van der Waals surface area contributed by atoms with Crippen LogP contribution in [0.2, 0.25) is 0 Å². The Bertz CT molecular complexity index is 316. The molecule has 0 heterocycles. The highest BCUT2D eigenvalue weighted by molar-refractivity contribution is 7.28. The van der Waals surface area contributed by atoms with Crippen LogP contribution in [0.3, 0.4) is 0 Å². The molecule has 0 saturated carbocycles. The lowest BCUT2D eigenvalue weighted by atomic mass is 10.1. The fraction of sp³-hybridized carbons (Fsp3) is 0.200. The van der Waals surface area contributed by atoms with Crippen LogP contribution in [0.15, 0.2) is 24.0 Å². The Balaban J connectivity index is 3.01. The van der Waals surface area contributed by atoms with E-state index in [1.54, 1.807) is 5.82 Å². The minimum Gasteiger partial charge on any atom is -0.270 e. The summed E-state index contributed by atoms with van der Waals surface area (Å²) < 4.78 is 10.2. The largest absolute Gasteiger partial charge is 0.270 e. The lowest BCUT2D eigenvalue weighted by Gasteiger charge is -2.00. The molecule has 1 aromatic carbocycles. The predicted molar refractivity (Wildman–Crippen MR) is 52.6 cm³/mol. The molecule has 0 aliphatic heterocycles. The van der Waals surface area contributed by atoms with Gasteiger partial charge in [-0.3, -0.25) is 4.57 Å². The van der Waals surface area contributed by atoms with Crippen LogP contribution in [0.1, 0.15) is 16.7 Å². The van der Waals surface area contributed by atoms with Crippen LogP contribution in [-0.4, -0.2) is 0 Å². The van der Waals surface area contributed by atoms with Gasteiger partial charge in [0.25, 0.3) is 0 Å². The molecule has 0 bridgehead atoms. The van der Waals surface area contributed by atoms with Gasteiger partial charge in [0.2, 0.25) is 0 Å². The van der Waals surface area contributed by atoms with Crippen molar-refractivity contribution >= 4 is 14.5 Å². The Labute approximate surface area is 74.3 Å². The normalized spacial score (nSPS) is 11.2. The standard InChI is InChI=1S/C10H11OP/c1-8-3-4-10(5-6-12-11)9(2)7-8/h3-7H,1-2H3/b6-5+. The maximum Gasteiger partial charge on any atom is 0.184 e. The summed E-state index contributed by atoms with van der Waals surface area (Å²) in [6.45, 7) is 4.11. The molecule has 1 rings (SSSR count). The van der Waals surface area contributed by atoms with Gasteiger partial charge in [-0.05, 0) is 31.1 Å². The third-order valence-corrected chi connectivity index (χ3v) is 2.01. The van der Waals surface area contributed by atoms with Gasteiger partial charge in [0.15, 0.2) is 8.46 Å². The van der Waals surface area contributed by atoms with Gasteiger partial charge in [0.1, 0.15) is 0 Å². The van der Waals surface area contributed by atoms with Gasteiger partial charge in [-0.1, -0.05) is 23.8 Å². The smallest absolute Gasteiger partial charge is 0.184 e. The molecular formula is C10H11OP. The Morgan fingerprint density at radius 1 is 1.33 bits per heavy atom. The summed E-state index contributed by atoms with van der Waals surface area (Å²) in [7, 11) is 0.0626. The van der Waals surface area contributed by atoms with E-state index in [9.17, 15) is 4.57 Å². The summed E-state index contributed by atoms with van der Waals surface area (Å²) >= 11 is 0. The van der Waals surface area contributed by atoms with Crippen LogP contribution in [-0.2, 0) is 4.57 Å². The first kappa shape index (κ1) is 9.15. The van der Waals surface area contributed by atoms with Gasteiger partial charge in [0, 0.05) is 5.82 Å². The molecule has 2 heteroatoms. The van der Waals surface area contributed by atoms with Crippen molar-refractivity contribution in [2.45, 2.75) is 13.8 Å². The summed E-state index contributed by atoms with van der Waals surface area (Å²) in [6.07, 6.45) is 1.86. The SMILES string of the molecule is Cc1ccc(/C=C/P=O)c(C)c1. The van der Waals surface area contributed by atoms with Crippen LogP contribution in [0.5, 0.6) is 0 Å². The quantitative estimate of drug-likeness (QED) is 0.632. The minimum atomic E-state index is 0.0626. The highest BCUT2D eigenvalue weighted by Gasteiger charge is 1.92. The molecule has 1 aromatic rings. The average Bonchev–Trinajstić information content (AvgIpc) is 2.03. The first-order valence-electron chi connectivity index (χ1n) is 3.80. The number of hydrogen-bond acceptors (Lipinski definition) is 1. The molecular weight excluding hydrogens is 167 g/mol. The molecule has 0 spiro atoms. The molecule has 0 unspecified atom stereocenters. The van der Waals surface area contributed by atoms with E-state index >= 15 is 0 Å². The molecule has 0 aliphatic carbocycles. The van der Waals surface area contributed by atoms with Crippen molar-refractivity contribution in [3.05, 3.63) is 40.7 Å². The van der Waals surface area contributed by atoms with Crippen molar-refractivity contribution in [3.8, 4) is 0 Å². The monoisotopic (exact) mass is 178 g/mol. The molecule has 0 N–H and O–H groups in total. The molecule has 0 radical (unpaired) electrons. The molecule has 0 aromatic heterocycles. The summed E-state index contributed by atoms with van der Waals surface area (Å²) in [5, 5.41) is 0. The topological polar surface area (TPSA) is 17.1 Å². The molecule has 0 amide bonds. The van der Waals surface area contributed by atoms with Crippen molar-refractivity contribution in [1.29, 1.82) is 0 Å². The van der Waals surface area contributed by atoms with Crippen molar-refractivity contribution in [3.63, 3.8) is 0 Å². The van der Waals surface area contributed by atoms with Gasteiger partial charge in [-0.2, -0.15) is 0 Å². The Morgan fingerprint density at radius 2 is 2.08 bits per heavy atom. The summed E-state index contributed by atoms with van der Waals surface area (Å²) in [5.74, 6) is 1.61. The van der Waals surface area contributed by atoms with Gasteiger partial charge < -0.3 is 0 Å². The highest BCUT2D eigenvalue weighted by atomic mass is 31.1. The molecule has 0 atom stereocenters. The zero-order valence-corrected chi connectivity index (χ0v) is 8.14. The average molecular weight is 178 g/mol. The van der Waals surface area contributed by atoms with E-state index in [1.807, 2.05) is 25.1 Å². The zero-order chi connectivity index (χ0) is 8.97. The maximum atomic E-state index is 10.2. The van der Waals surface area contributed by atoms with Crippen LogP contribution in [0.4, 0.5) is 0 Å². The predicted octanol–water partition coefficient (Wildman–Crippen LogP) is 3.57. The summed E-state index contributed by atoms with van der Waals surface area (Å²) in [5.41, 5.74) is 3.60. The fourth-order valence-electron chi connectivity index (χ4n) is 1.12.